The molecule has 3 nitrogen and oxygen atoms in total. The van der Waals surface area contributed by atoms with Crippen molar-refractivity contribution in [3.05, 3.63) is 0 Å². The molecule has 2 heterocycles. The van der Waals surface area contributed by atoms with Gasteiger partial charge in [-0.3, -0.25) is 0 Å². The lowest BCUT2D eigenvalue weighted by atomic mass is 10.0. The van der Waals surface area contributed by atoms with Crippen LogP contribution in [0.5, 0.6) is 0 Å². The van der Waals surface area contributed by atoms with E-state index in [1.807, 2.05) is 0 Å². The van der Waals surface area contributed by atoms with Crippen LogP contribution < -0.4 is 0 Å². The van der Waals surface area contributed by atoms with E-state index in [0.717, 1.165) is 0 Å². The van der Waals surface area contributed by atoms with Gasteiger partial charge < -0.3 is 13.9 Å². The minimum absolute atomic E-state index is 0.0279. The second-order valence-electron chi connectivity index (χ2n) is 6.79. The average Bonchev–Trinajstić information content (AvgIpc) is 2.79. The third kappa shape index (κ3) is 2.37. The minimum Gasteiger partial charge on any atom is -0.409 e. The average molecular weight is 268 g/mol. The van der Waals surface area contributed by atoms with Gasteiger partial charge in [-0.05, 0) is 18.1 Å². The van der Waals surface area contributed by atoms with Gasteiger partial charge in [0.15, 0.2) is 8.32 Å². The molecule has 0 unspecified atom stereocenters. The summed E-state index contributed by atoms with van der Waals surface area (Å²) in [5.74, 6) is 2.84. The fraction of sp³-hybridized carbons (Fsp3) is 0.857. The van der Waals surface area contributed by atoms with E-state index in [4.69, 9.17) is 20.3 Å². The van der Waals surface area contributed by atoms with E-state index in [1.54, 1.807) is 0 Å². The van der Waals surface area contributed by atoms with Crippen LogP contribution in [-0.4, -0.2) is 39.8 Å². The minimum atomic E-state index is -1.77. The normalized spacial score (nSPS) is 36.4. The maximum Gasteiger partial charge on any atom is 0.192 e. The zero-order chi connectivity index (χ0) is 13.6. The van der Waals surface area contributed by atoms with Gasteiger partial charge >= 0.3 is 0 Å². The van der Waals surface area contributed by atoms with E-state index in [0.29, 0.717) is 13.2 Å². The highest BCUT2D eigenvalue weighted by Gasteiger charge is 2.50. The second-order valence-corrected chi connectivity index (χ2v) is 11.5. The molecule has 0 amide bonds. The number of fused-ring (bicyclic) bond motifs is 1. The summed E-state index contributed by atoms with van der Waals surface area (Å²) in [7, 11) is -1.77. The smallest absolute Gasteiger partial charge is 0.192 e. The van der Waals surface area contributed by atoms with Gasteiger partial charge in [-0.1, -0.05) is 26.7 Å². The first kappa shape index (κ1) is 14.1. The lowest BCUT2D eigenvalue weighted by molar-refractivity contribution is 0.0239. The highest BCUT2D eigenvalue weighted by Crippen LogP contribution is 2.40. The van der Waals surface area contributed by atoms with Gasteiger partial charge in [-0.25, -0.2) is 0 Å². The predicted octanol–water partition coefficient (Wildman–Crippen LogP) is 2.42. The van der Waals surface area contributed by atoms with Crippen molar-refractivity contribution in [3.63, 3.8) is 0 Å². The Labute approximate surface area is 111 Å². The summed E-state index contributed by atoms with van der Waals surface area (Å²) >= 11 is 0. The fourth-order valence-corrected chi connectivity index (χ4v) is 3.58. The Hall–Kier alpha value is -0.343. The van der Waals surface area contributed by atoms with Crippen LogP contribution in [-0.2, 0) is 13.9 Å². The monoisotopic (exact) mass is 268 g/mol. The molecule has 2 aliphatic rings. The van der Waals surface area contributed by atoms with E-state index in [1.165, 1.54) is 0 Å². The van der Waals surface area contributed by atoms with Gasteiger partial charge in [-0.15, -0.1) is 6.42 Å². The molecule has 102 valence electrons. The lowest BCUT2D eigenvalue weighted by Crippen LogP contribution is -2.47. The first-order valence-electron chi connectivity index (χ1n) is 6.63. The molecule has 0 aromatic rings. The molecule has 0 spiro atoms. The number of terminal acetylenes is 1. The molecule has 0 saturated carbocycles. The summed E-state index contributed by atoms with van der Waals surface area (Å²) in [6.45, 7) is 12.5. The maximum absolute atomic E-state index is 6.39. The fourth-order valence-electron chi connectivity index (χ4n) is 2.26. The molecule has 4 atom stereocenters. The van der Waals surface area contributed by atoms with E-state index in [2.05, 4.69) is 39.8 Å². The van der Waals surface area contributed by atoms with Gasteiger partial charge in [0, 0.05) is 0 Å². The first-order chi connectivity index (χ1) is 8.26. The molecule has 0 radical (unpaired) electrons. The van der Waals surface area contributed by atoms with Crippen molar-refractivity contribution >= 4 is 8.32 Å². The second kappa shape index (κ2) is 4.64. The largest absolute Gasteiger partial charge is 0.409 e. The summed E-state index contributed by atoms with van der Waals surface area (Å²) in [6, 6.07) is 0. The lowest BCUT2D eigenvalue weighted by Gasteiger charge is -2.39. The molecule has 2 aliphatic heterocycles. The van der Waals surface area contributed by atoms with E-state index < -0.39 is 8.32 Å². The van der Waals surface area contributed by atoms with E-state index in [-0.39, 0.29) is 29.3 Å². The Kier molecular flexibility index (Phi) is 3.63. The molecule has 2 rings (SSSR count). The molecule has 18 heavy (non-hydrogen) atoms. The number of ether oxygens (including phenoxy) is 2. The third-order valence-corrected chi connectivity index (χ3v) is 8.98. The van der Waals surface area contributed by atoms with E-state index in [9.17, 15) is 0 Å². The van der Waals surface area contributed by atoms with Crippen LogP contribution in [0.2, 0.25) is 18.1 Å². The van der Waals surface area contributed by atoms with Crippen LogP contribution in [0.1, 0.15) is 20.8 Å². The molecule has 0 aromatic carbocycles. The third-order valence-electron chi connectivity index (χ3n) is 4.47. The zero-order valence-corrected chi connectivity index (χ0v) is 13.0. The van der Waals surface area contributed by atoms with Crippen LogP contribution in [0.15, 0.2) is 0 Å². The van der Waals surface area contributed by atoms with Gasteiger partial charge in [0.25, 0.3) is 0 Å². The van der Waals surface area contributed by atoms with Crippen molar-refractivity contribution in [3.8, 4) is 12.3 Å². The van der Waals surface area contributed by atoms with Crippen molar-refractivity contribution in [1.82, 2.24) is 0 Å². The van der Waals surface area contributed by atoms with Crippen molar-refractivity contribution < 1.29 is 13.9 Å². The molecule has 0 aliphatic carbocycles. The quantitative estimate of drug-likeness (QED) is 0.568. The van der Waals surface area contributed by atoms with Gasteiger partial charge in [0.2, 0.25) is 0 Å². The highest BCUT2D eigenvalue weighted by molar-refractivity contribution is 6.74. The van der Waals surface area contributed by atoms with E-state index >= 15 is 0 Å². The Morgan fingerprint density at radius 3 is 2.33 bits per heavy atom. The molecule has 0 aromatic heterocycles. The Morgan fingerprint density at radius 2 is 1.78 bits per heavy atom. The van der Waals surface area contributed by atoms with Gasteiger partial charge in [0.05, 0.1) is 25.2 Å². The molecule has 0 N–H and O–H groups in total. The zero-order valence-electron chi connectivity index (χ0n) is 12.0. The summed E-state index contributed by atoms with van der Waals surface area (Å²) in [5.41, 5.74) is 0. The highest BCUT2D eigenvalue weighted by atomic mass is 28.4. The molecular weight excluding hydrogens is 244 g/mol. The number of hydrogen-bond acceptors (Lipinski definition) is 3. The number of hydrogen-bond donors (Lipinski definition) is 0. The van der Waals surface area contributed by atoms with Crippen molar-refractivity contribution in [2.45, 2.75) is 57.2 Å². The van der Waals surface area contributed by atoms with Crippen LogP contribution in [0.25, 0.3) is 0 Å². The summed E-state index contributed by atoms with van der Waals surface area (Å²) < 4.78 is 18.0. The molecule has 4 heteroatoms. The maximum atomic E-state index is 6.39. The van der Waals surface area contributed by atoms with Gasteiger partial charge in [-0.2, -0.15) is 0 Å². The van der Waals surface area contributed by atoms with Crippen molar-refractivity contribution in [1.29, 1.82) is 0 Å². The predicted molar refractivity (Wildman–Crippen MR) is 73.9 cm³/mol. The molecular formula is C14H24O3Si. The Balaban J connectivity index is 2.03. The molecule has 0 bridgehead atoms. The Morgan fingerprint density at radius 1 is 1.17 bits per heavy atom. The summed E-state index contributed by atoms with van der Waals surface area (Å²) in [5, 5.41) is 0.204. The van der Waals surface area contributed by atoms with Crippen LogP contribution >= 0.6 is 0 Å². The molecule has 2 saturated heterocycles. The number of rotatable bonds is 2. The van der Waals surface area contributed by atoms with Crippen molar-refractivity contribution in [2.75, 3.05) is 13.2 Å². The topological polar surface area (TPSA) is 27.7 Å². The Bertz CT molecular complexity index is 353. The molecule has 2 fully saturated rings. The SMILES string of the molecule is C#C[C@H]1CO[C@H]2[C@@H]1OC[C@H]2O[Si](C)(C)C(C)(C)C. The van der Waals surface area contributed by atoms with Gasteiger partial charge in [0.1, 0.15) is 12.2 Å². The van der Waals surface area contributed by atoms with Crippen LogP contribution in [0.4, 0.5) is 0 Å². The van der Waals surface area contributed by atoms with Crippen LogP contribution in [0.3, 0.4) is 0 Å². The first-order valence-corrected chi connectivity index (χ1v) is 9.54. The standard InChI is InChI=1S/C14H24O3Si/c1-7-10-8-15-13-11(9-16-12(10)13)17-18(5,6)14(2,3)4/h1,10-13H,8-9H2,2-6H3/t10-,11+,12+,13+/m0/s1. The van der Waals surface area contributed by atoms with Crippen molar-refractivity contribution in [2.24, 2.45) is 5.92 Å². The summed E-state index contributed by atoms with van der Waals surface area (Å²) in [6.07, 6.45) is 5.60. The van der Waals surface area contributed by atoms with Crippen LogP contribution in [0, 0.1) is 18.3 Å². The summed E-state index contributed by atoms with van der Waals surface area (Å²) in [4.78, 5) is 0.